The lowest BCUT2D eigenvalue weighted by Gasteiger charge is -2.14. The first-order valence-electron chi connectivity index (χ1n) is 8.88. The van der Waals surface area contributed by atoms with E-state index in [2.05, 4.69) is 5.32 Å². The van der Waals surface area contributed by atoms with Crippen LogP contribution in [0.5, 0.6) is 5.75 Å². The molecular formula is C22H21NO4S. The summed E-state index contributed by atoms with van der Waals surface area (Å²) in [4.78, 5) is 24.1. The summed E-state index contributed by atoms with van der Waals surface area (Å²) < 4.78 is 10.9. The molecule has 1 atom stereocenters. The first-order valence-corrected chi connectivity index (χ1v) is 9.82. The fourth-order valence-corrected chi connectivity index (χ4v) is 3.14. The second-order valence-electron chi connectivity index (χ2n) is 6.23. The fourth-order valence-electron chi connectivity index (χ4n) is 2.47. The highest BCUT2D eigenvalue weighted by atomic mass is 32.1. The molecule has 0 spiro atoms. The molecule has 0 aliphatic carbocycles. The second kappa shape index (κ2) is 9.71. The Morgan fingerprint density at radius 3 is 2.43 bits per heavy atom. The van der Waals surface area contributed by atoms with E-state index in [0.29, 0.717) is 18.0 Å². The van der Waals surface area contributed by atoms with Gasteiger partial charge >= 0.3 is 5.97 Å². The minimum Gasteiger partial charge on any atom is -0.489 e. The molecule has 0 radical (unpaired) electrons. The number of hydrogen-bond donors (Lipinski definition) is 1. The van der Waals surface area contributed by atoms with Gasteiger partial charge in [-0.15, -0.1) is 0 Å². The van der Waals surface area contributed by atoms with Crippen molar-refractivity contribution in [2.24, 2.45) is 0 Å². The average Bonchev–Trinajstić information content (AvgIpc) is 3.21. The monoisotopic (exact) mass is 395 g/mol. The second-order valence-corrected chi connectivity index (χ2v) is 7.01. The number of thiophene rings is 1. The smallest absolute Gasteiger partial charge is 0.311 e. The zero-order chi connectivity index (χ0) is 19.8. The molecule has 3 rings (SSSR count). The Hall–Kier alpha value is -3.12. The average molecular weight is 395 g/mol. The third kappa shape index (κ3) is 5.96. The van der Waals surface area contributed by atoms with Crippen molar-refractivity contribution in [3.8, 4) is 5.75 Å². The quantitative estimate of drug-likeness (QED) is 0.573. The molecule has 5 nitrogen and oxygen atoms in total. The van der Waals surface area contributed by atoms with Gasteiger partial charge in [-0.3, -0.25) is 9.59 Å². The fraction of sp³-hybridized carbons (Fsp3) is 0.182. The predicted octanol–water partition coefficient (Wildman–Crippen LogP) is 4.44. The van der Waals surface area contributed by atoms with Crippen molar-refractivity contribution in [2.75, 3.05) is 5.32 Å². The van der Waals surface area contributed by atoms with E-state index in [4.69, 9.17) is 9.47 Å². The van der Waals surface area contributed by atoms with Gasteiger partial charge in [0.15, 0.2) is 6.10 Å². The van der Waals surface area contributed by atoms with Crippen LogP contribution < -0.4 is 10.1 Å². The van der Waals surface area contributed by atoms with Crippen molar-refractivity contribution in [2.45, 2.75) is 26.1 Å². The lowest BCUT2D eigenvalue weighted by molar-refractivity contribution is -0.152. The molecule has 0 aliphatic heterocycles. The van der Waals surface area contributed by atoms with Gasteiger partial charge in [0, 0.05) is 5.69 Å². The summed E-state index contributed by atoms with van der Waals surface area (Å²) in [6.45, 7) is 2.03. The molecular weight excluding hydrogens is 374 g/mol. The number of anilines is 1. The van der Waals surface area contributed by atoms with Crippen LogP contribution in [0.1, 0.15) is 18.1 Å². The van der Waals surface area contributed by atoms with E-state index in [9.17, 15) is 9.59 Å². The number of ether oxygens (including phenoxy) is 2. The summed E-state index contributed by atoms with van der Waals surface area (Å²) in [5.41, 5.74) is 2.57. The van der Waals surface area contributed by atoms with Gasteiger partial charge in [0.1, 0.15) is 12.4 Å². The molecule has 0 saturated heterocycles. The van der Waals surface area contributed by atoms with Crippen LogP contribution in [0.15, 0.2) is 71.4 Å². The van der Waals surface area contributed by atoms with Crippen LogP contribution in [0.25, 0.3) is 0 Å². The zero-order valence-corrected chi connectivity index (χ0v) is 16.3. The zero-order valence-electron chi connectivity index (χ0n) is 15.5. The largest absolute Gasteiger partial charge is 0.489 e. The lowest BCUT2D eigenvalue weighted by Crippen LogP contribution is -2.30. The predicted molar refractivity (Wildman–Crippen MR) is 109 cm³/mol. The normalized spacial score (nSPS) is 11.5. The van der Waals surface area contributed by atoms with Gasteiger partial charge in [-0.2, -0.15) is 11.3 Å². The van der Waals surface area contributed by atoms with Gasteiger partial charge < -0.3 is 14.8 Å². The topological polar surface area (TPSA) is 64.6 Å². The number of rotatable bonds is 8. The van der Waals surface area contributed by atoms with E-state index in [1.807, 2.05) is 47.2 Å². The highest BCUT2D eigenvalue weighted by Crippen LogP contribution is 2.17. The molecule has 2 aromatic carbocycles. The third-order valence-electron chi connectivity index (χ3n) is 3.98. The molecule has 0 aliphatic rings. The number of benzene rings is 2. The van der Waals surface area contributed by atoms with Crippen LogP contribution in [-0.4, -0.2) is 18.0 Å². The standard InChI is InChI=1S/C22H21NO4S/c1-16(27-21(24)13-18-11-12-28-15-18)22(25)23-19-7-9-20(10-8-19)26-14-17-5-3-2-4-6-17/h2-12,15-16H,13-14H2,1H3,(H,23,25)/t16-/m0/s1. The van der Waals surface area contributed by atoms with Crippen molar-refractivity contribution < 1.29 is 19.1 Å². The van der Waals surface area contributed by atoms with Gasteiger partial charge in [-0.1, -0.05) is 30.3 Å². The minimum atomic E-state index is -0.875. The molecule has 0 bridgehead atoms. The van der Waals surface area contributed by atoms with Crippen LogP contribution in [0.4, 0.5) is 5.69 Å². The molecule has 0 fully saturated rings. The summed E-state index contributed by atoms with van der Waals surface area (Å²) in [6, 6.07) is 18.8. The van der Waals surface area contributed by atoms with Crippen molar-refractivity contribution in [3.63, 3.8) is 0 Å². The SMILES string of the molecule is C[C@H](OC(=O)Cc1ccsc1)C(=O)Nc1ccc(OCc2ccccc2)cc1. The summed E-state index contributed by atoms with van der Waals surface area (Å²) in [5, 5.41) is 6.51. The molecule has 0 saturated carbocycles. The maximum atomic E-state index is 12.2. The molecule has 6 heteroatoms. The molecule has 1 amide bonds. The number of carbonyl (C=O) groups excluding carboxylic acids is 2. The summed E-state index contributed by atoms with van der Waals surface area (Å²) in [6.07, 6.45) is -0.714. The van der Waals surface area contributed by atoms with E-state index in [1.54, 1.807) is 31.2 Å². The highest BCUT2D eigenvalue weighted by molar-refractivity contribution is 7.08. The van der Waals surface area contributed by atoms with Crippen LogP contribution in [-0.2, 0) is 27.4 Å². The van der Waals surface area contributed by atoms with E-state index in [-0.39, 0.29) is 12.3 Å². The van der Waals surface area contributed by atoms with Gasteiger partial charge in [-0.25, -0.2) is 0 Å². The van der Waals surface area contributed by atoms with E-state index in [1.165, 1.54) is 11.3 Å². The Kier molecular flexibility index (Phi) is 6.81. The van der Waals surface area contributed by atoms with Crippen LogP contribution in [0.2, 0.25) is 0 Å². The van der Waals surface area contributed by atoms with Gasteiger partial charge in [0.2, 0.25) is 0 Å². The number of amides is 1. The molecule has 1 N–H and O–H groups in total. The van der Waals surface area contributed by atoms with E-state index in [0.717, 1.165) is 11.1 Å². The Morgan fingerprint density at radius 1 is 1.00 bits per heavy atom. The molecule has 1 heterocycles. The third-order valence-corrected chi connectivity index (χ3v) is 4.71. The molecule has 3 aromatic rings. The van der Waals surface area contributed by atoms with E-state index < -0.39 is 12.1 Å². The van der Waals surface area contributed by atoms with Crippen LogP contribution in [0.3, 0.4) is 0 Å². The number of carbonyl (C=O) groups is 2. The summed E-state index contributed by atoms with van der Waals surface area (Å²) in [5.74, 6) is -0.0978. The highest BCUT2D eigenvalue weighted by Gasteiger charge is 2.18. The van der Waals surface area contributed by atoms with E-state index >= 15 is 0 Å². The Labute approximate surface area is 167 Å². The summed E-state index contributed by atoms with van der Waals surface area (Å²) in [7, 11) is 0. The van der Waals surface area contributed by atoms with Crippen LogP contribution >= 0.6 is 11.3 Å². The number of nitrogens with one attached hydrogen (secondary N) is 1. The maximum Gasteiger partial charge on any atom is 0.311 e. The number of hydrogen-bond acceptors (Lipinski definition) is 5. The number of esters is 1. The van der Waals surface area contributed by atoms with Crippen molar-refractivity contribution in [1.29, 1.82) is 0 Å². The molecule has 28 heavy (non-hydrogen) atoms. The minimum absolute atomic E-state index is 0.161. The summed E-state index contributed by atoms with van der Waals surface area (Å²) >= 11 is 1.51. The lowest BCUT2D eigenvalue weighted by atomic mass is 10.2. The molecule has 1 aromatic heterocycles. The Morgan fingerprint density at radius 2 is 1.75 bits per heavy atom. The van der Waals surface area contributed by atoms with Crippen molar-refractivity contribution >= 4 is 28.9 Å². The first kappa shape index (κ1) is 19.6. The van der Waals surface area contributed by atoms with Gasteiger partial charge in [-0.05, 0) is 59.1 Å². The first-order chi connectivity index (χ1) is 13.6. The Bertz CT molecular complexity index is 892. The molecule has 144 valence electrons. The van der Waals surface area contributed by atoms with Gasteiger partial charge in [0.05, 0.1) is 6.42 Å². The van der Waals surface area contributed by atoms with Gasteiger partial charge in [0.25, 0.3) is 5.91 Å². The molecule has 0 unspecified atom stereocenters. The van der Waals surface area contributed by atoms with Crippen LogP contribution in [0, 0.1) is 0 Å². The van der Waals surface area contributed by atoms with Crippen molar-refractivity contribution in [3.05, 3.63) is 82.6 Å². The maximum absolute atomic E-state index is 12.2. The Balaban J connectivity index is 1.46. The van der Waals surface area contributed by atoms with Crippen molar-refractivity contribution in [1.82, 2.24) is 0 Å².